The molecule has 0 aliphatic carbocycles. The number of hydrogen-bond acceptors (Lipinski definition) is 4. The third-order valence-corrected chi connectivity index (χ3v) is 5.53. The Labute approximate surface area is 134 Å². The Morgan fingerprint density at radius 3 is 2.70 bits per heavy atom. The number of benzene rings is 2. The lowest BCUT2D eigenvalue weighted by Crippen LogP contribution is -2.27. The number of H-pyrrole nitrogens is 1. The van der Waals surface area contributed by atoms with E-state index in [4.69, 9.17) is 4.74 Å². The van der Waals surface area contributed by atoms with Gasteiger partial charge in [0.25, 0.3) is 10.0 Å². The molecule has 0 radical (unpaired) electrons. The van der Waals surface area contributed by atoms with E-state index in [0.29, 0.717) is 11.4 Å². The number of fused-ring (bicyclic) bond motifs is 1. The van der Waals surface area contributed by atoms with E-state index in [0.717, 1.165) is 16.6 Å². The molecule has 1 aromatic heterocycles. The molecule has 6 nitrogen and oxygen atoms in total. The highest BCUT2D eigenvalue weighted by Crippen LogP contribution is 2.30. The number of imidazole rings is 1. The van der Waals surface area contributed by atoms with Crippen LogP contribution in [0.25, 0.3) is 11.0 Å². The fourth-order valence-electron chi connectivity index (χ4n) is 2.39. The number of nitrogens with zero attached hydrogens (tertiary/aromatic N) is 2. The van der Waals surface area contributed by atoms with E-state index in [9.17, 15) is 8.42 Å². The van der Waals surface area contributed by atoms with Crippen molar-refractivity contribution in [2.75, 3.05) is 18.5 Å². The van der Waals surface area contributed by atoms with E-state index in [1.165, 1.54) is 18.5 Å². The Hall–Kier alpha value is -2.54. The lowest BCUT2D eigenvalue weighted by atomic mass is 10.2. The van der Waals surface area contributed by atoms with Gasteiger partial charge in [0, 0.05) is 7.05 Å². The average Bonchev–Trinajstić information content (AvgIpc) is 3.01. The van der Waals surface area contributed by atoms with Crippen LogP contribution < -0.4 is 9.04 Å². The van der Waals surface area contributed by atoms with E-state index in [-0.39, 0.29) is 4.90 Å². The van der Waals surface area contributed by atoms with Crippen molar-refractivity contribution >= 4 is 26.7 Å². The number of rotatable bonds is 4. The van der Waals surface area contributed by atoms with Gasteiger partial charge in [-0.1, -0.05) is 6.07 Å². The highest BCUT2D eigenvalue weighted by atomic mass is 32.2. The van der Waals surface area contributed by atoms with Gasteiger partial charge in [0.1, 0.15) is 10.6 Å². The molecule has 2 aromatic carbocycles. The number of aryl methyl sites for hydroxylation is 1. The van der Waals surface area contributed by atoms with Gasteiger partial charge in [-0.25, -0.2) is 13.4 Å². The number of nitrogens with one attached hydrogen (secondary N) is 1. The molecule has 0 spiro atoms. The van der Waals surface area contributed by atoms with E-state index in [1.807, 2.05) is 13.0 Å². The minimum Gasteiger partial charge on any atom is -0.495 e. The first kappa shape index (κ1) is 15.4. The number of sulfonamides is 1. The van der Waals surface area contributed by atoms with E-state index < -0.39 is 10.0 Å². The summed E-state index contributed by atoms with van der Waals surface area (Å²) in [4.78, 5) is 7.26. The van der Waals surface area contributed by atoms with Crippen molar-refractivity contribution in [2.24, 2.45) is 0 Å². The Kier molecular flexibility index (Phi) is 3.73. The van der Waals surface area contributed by atoms with Crippen LogP contribution in [-0.4, -0.2) is 32.5 Å². The minimum atomic E-state index is -3.73. The smallest absolute Gasteiger partial charge is 0.267 e. The van der Waals surface area contributed by atoms with Crippen LogP contribution in [0.2, 0.25) is 0 Å². The van der Waals surface area contributed by atoms with Gasteiger partial charge in [-0.2, -0.15) is 0 Å². The predicted molar refractivity (Wildman–Crippen MR) is 89.4 cm³/mol. The second-order valence-electron chi connectivity index (χ2n) is 5.23. The second-order valence-corrected chi connectivity index (χ2v) is 7.17. The molecule has 0 fully saturated rings. The van der Waals surface area contributed by atoms with Crippen molar-refractivity contribution in [3.05, 3.63) is 48.3 Å². The second kappa shape index (κ2) is 5.58. The maximum atomic E-state index is 13.0. The summed E-state index contributed by atoms with van der Waals surface area (Å²) in [7, 11) is -0.754. The number of ether oxygens (including phenoxy) is 1. The molecule has 0 saturated heterocycles. The summed E-state index contributed by atoms with van der Waals surface area (Å²) in [6, 6.07) is 10.3. The van der Waals surface area contributed by atoms with Crippen molar-refractivity contribution in [3.8, 4) is 5.75 Å². The van der Waals surface area contributed by atoms with Crippen molar-refractivity contribution < 1.29 is 13.2 Å². The molecule has 0 unspecified atom stereocenters. The monoisotopic (exact) mass is 331 g/mol. The molecule has 0 saturated carbocycles. The van der Waals surface area contributed by atoms with Gasteiger partial charge in [0.05, 0.1) is 30.2 Å². The number of hydrogen-bond donors (Lipinski definition) is 1. The first-order valence-electron chi connectivity index (χ1n) is 7.00. The topological polar surface area (TPSA) is 75.3 Å². The zero-order chi connectivity index (χ0) is 16.6. The van der Waals surface area contributed by atoms with Gasteiger partial charge in [-0.05, 0) is 42.8 Å². The molecule has 0 aliphatic rings. The molecular formula is C16H17N3O3S. The number of methoxy groups -OCH3 is 1. The fraction of sp³-hybridized carbons (Fsp3) is 0.188. The Morgan fingerprint density at radius 1 is 1.17 bits per heavy atom. The molecule has 0 bridgehead atoms. The summed E-state index contributed by atoms with van der Waals surface area (Å²) in [5.74, 6) is 0.324. The minimum absolute atomic E-state index is 0.146. The van der Waals surface area contributed by atoms with Gasteiger partial charge >= 0.3 is 0 Å². The quantitative estimate of drug-likeness (QED) is 0.797. The van der Waals surface area contributed by atoms with Gasteiger partial charge in [-0.15, -0.1) is 0 Å². The standard InChI is InChI=1S/C16H17N3O3S/c1-11-4-7-15(22-3)16(8-11)23(20,21)19(2)12-5-6-13-14(9-12)18-10-17-13/h4-10H,1-3H3,(H,17,18). The normalized spacial score (nSPS) is 11.6. The molecule has 3 aromatic rings. The first-order valence-corrected chi connectivity index (χ1v) is 8.44. The summed E-state index contributed by atoms with van der Waals surface area (Å²) in [5, 5.41) is 0. The lowest BCUT2D eigenvalue weighted by molar-refractivity contribution is 0.402. The van der Waals surface area contributed by atoms with Crippen LogP contribution in [0.5, 0.6) is 5.75 Å². The van der Waals surface area contributed by atoms with E-state index in [2.05, 4.69) is 9.97 Å². The zero-order valence-electron chi connectivity index (χ0n) is 13.1. The van der Waals surface area contributed by atoms with Crippen LogP contribution in [-0.2, 0) is 10.0 Å². The van der Waals surface area contributed by atoms with E-state index in [1.54, 1.807) is 36.7 Å². The third kappa shape index (κ3) is 2.63. The molecule has 0 amide bonds. The van der Waals surface area contributed by atoms with Crippen LogP contribution >= 0.6 is 0 Å². The van der Waals surface area contributed by atoms with Crippen LogP contribution in [0.3, 0.4) is 0 Å². The highest BCUT2D eigenvalue weighted by Gasteiger charge is 2.25. The summed E-state index contributed by atoms with van der Waals surface area (Å²) >= 11 is 0. The molecule has 120 valence electrons. The molecule has 1 heterocycles. The van der Waals surface area contributed by atoms with Crippen molar-refractivity contribution in [1.29, 1.82) is 0 Å². The van der Waals surface area contributed by atoms with Crippen molar-refractivity contribution in [1.82, 2.24) is 9.97 Å². The largest absolute Gasteiger partial charge is 0.495 e. The molecule has 7 heteroatoms. The van der Waals surface area contributed by atoms with Crippen LogP contribution in [0.4, 0.5) is 5.69 Å². The average molecular weight is 331 g/mol. The SMILES string of the molecule is COc1ccc(C)cc1S(=O)(=O)N(C)c1ccc2nc[nH]c2c1. The Morgan fingerprint density at radius 2 is 1.96 bits per heavy atom. The van der Waals surface area contributed by atoms with Crippen LogP contribution in [0.15, 0.2) is 47.6 Å². The third-order valence-electron chi connectivity index (χ3n) is 3.73. The highest BCUT2D eigenvalue weighted by molar-refractivity contribution is 7.92. The lowest BCUT2D eigenvalue weighted by Gasteiger charge is -2.21. The number of aromatic amines is 1. The molecule has 23 heavy (non-hydrogen) atoms. The molecule has 3 rings (SSSR count). The number of anilines is 1. The Bertz CT molecular complexity index is 964. The summed E-state index contributed by atoms with van der Waals surface area (Å²) < 4.78 is 32.4. The molecule has 0 atom stereocenters. The summed E-state index contributed by atoms with van der Waals surface area (Å²) in [6.07, 6.45) is 1.58. The maximum absolute atomic E-state index is 13.0. The summed E-state index contributed by atoms with van der Waals surface area (Å²) in [6.45, 7) is 1.84. The zero-order valence-corrected chi connectivity index (χ0v) is 13.9. The number of aromatic nitrogens is 2. The van der Waals surface area contributed by atoms with Gasteiger partial charge < -0.3 is 9.72 Å². The Balaban J connectivity index is 2.09. The maximum Gasteiger partial charge on any atom is 0.267 e. The first-order chi connectivity index (χ1) is 10.9. The van der Waals surface area contributed by atoms with Gasteiger partial charge in [0.15, 0.2) is 0 Å². The van der Waals surface area contributed by atoms with E-state index >= 15 is 0 Å². The predicted octanol–water partition coefficient (Wildman–Crippen LogP) is 2.71. The van der Waals surface area contributed by atoms with Crippen molar-refractivity contribution in [3.63, 3.8) is 0 Å². The molecular weight excluding hydrogens is 314 g/mol. The van der Waals surface area contributed by atoms with Crippen LogP contribution in [0.1, 0.15) is 5.56 Å². The summed E-state index contributed by atoms with van der Waals surface area (Å²) in [5.41, 5.74) is 2.96. The molecule has 1 N–H and O–H groups in total. The fourth-order valence-corrected chi connectivity index (χ4v) is 3.82. The van der Waals surface area contributed by atoms with Crippen molar-refractivity contribution in [2.45, 2.75) is 11.8 Å². The van der Waals surface area contributed by atoms with Gasteiger partial charge in [-0.3, -0.25) is 4.31 Å². The van der Waals surface area contributed by atoms with Gasteiger partial charge in [0.2, 0.25) is 0 Å². The van der Waals surface area contributed by atoms with Crippen LogP contribution in [0, 0.1) is 6.92 Å². The molecule has 0 aliphatic heterocycles.